The first-order valence-corrected chi connectivity index (χ1v) is 5.03. The minimum absolute atomic E-state index is 0.242. The molecule has 1 fully saturated rings. The summed E-state index contributed by atoms with van der Waals surface area (Å²) in [7, 11) is 1.64. The predicted octanol–water partition coefficient (Wildman–Crippen LogP) is 0.618. The summed E-state index contributed by atoms with van der Waals surface area (Å²) in [5.74, 6) is 0. The number of hydrogen-bond donors (Lipinski definition) is 0. The van der Waals surface area contributed by atoms with Gasteiger partial charge in [-0.25, -0.2) is 0 Å². The van der Waals surface area contributed by atoms with Crippen molar-refractivity contribution in [1.29, 1.82) is 0 Å². The Hall–Kier alpha value is 0.320. The summed E-state index contributed by atoms with van der Waals surface area (Å²) < 4.78 is 15.7. The maximum absolute atomic E-state index is 5.30. The van der Waals surface area contributed by atoms with Gasteiger partial charge in [0.05, 0.1) is 13.2 Å². The third kappa shape index (κ3) is 2.99. The second kappa shape index (κ2) is 5.88. The lowest BCUT2D eigenvalue weighted by atomic mass is 10.4. The molecule has 0 aromatic carbocycles. The first-order valence-electron chi connectivity index (χ1n) is 3.90. The molecule has 1 saturated heterocycles. The standard InChI is InChI=1S/C7H14BrNO3/c1-10-7(12-6-8)9-2-4-11-5-3-9/h7H,2-6H2,1H3. The molecule has 1 unspecified atom stereocenters. The Balaban J connectivity index is 2.29. The van der Waals surface area contributed by atoms with Crippen molar-refractivity contribution in [3.05, 3.63) is 0 Å². The van der Waals surface area contributed by atoms with Gasteiger partial charge in [-0.3, -0.25) is 4.90 Å². The summed E-state index contributed by atoms with van der Waals surface area (Å²) in [6.45, 7) is 3.24. The molecule has 0 aromatic rings. The SMILES string of the molecule is COC(OCBr)N1CCOCC1. The van der Waals surface area contributed by atoms with Crippen LogP contribution in [0.3, 0.4) is 0 Å². The molecule has 12 heavy (non-hydrogen) atoms. The molecule has 0 spiro atoms. The highest BCUT2D eigenvalue weighted by molar-refractivity contribution is 9.09. The number of nitrogens with zero attached hydrogens (tertiary/aromatic N) is 1. The van der Waals surface area contributed by atoms with E-state index in [0.29, 0.717) is 5.52 Å². The van der Waals surface area contributed by atoms with Crippen molar-refractivity contribution in [3.8, 4) is 0 Å². The molecule has 1 rings (SSSR count). The van der Waals surface area contributed by atoms with Crippen LogP contribution in [-0.2, 0) is 14.2 Å². The summed E-state index contributed by atoms with van der Waals surface area (Å²) in [5.41, 5.74) is 0.489. The van der Waals surface area contributed by atoms with Gasteiger partial charge in [0.15, 0.2) is 0 Å². The van der Waals surface area contributed by atoms with Gasteiger partial charge in [-0.2, -0.15) is 0 Å². The molecule has 0 bridgehead atoms. The van der Waals surface area contributed by atoms with Crippen LogP contribution < -0.4 is 0 Å². The van der Waals surface area contributed by atoms with E-state index in [9.17, 15) is 0 Å². The summed E-state index contributed by atoms with van der Waals surface area (Å²) >= 11 is 3.20. The van der Waals surface area contributed by atoms with Crippen LogP contribution in [0.25, 0.3) is 0 Å². The van der Waals surface area contributed by atoms with Crippen LogP contribution in [0.4, 0.5) is 0 Å². The average molecular weight is 240 g/mol. The number of hydrogen-bond acceptors (Lipinski definition) is 4. The summed E-state index contributed by atoms with van der Waals surface area (Å²) in [6, 6.07) is 0. The third-order valence-corrected chi connectivity index (χ3v) is 2.02. The lowest BCUT2D eigenvalue weighted by Crippen LogP contribution is -2.45. The topological polar surface area (TPSA) is 30.9 Å². The Bertz CT molecular complexity index is 116. The zero-order chi connectivity index (χ0) is 8.81. The van der Waals surface area contributed by atoms with Crippen LogP contribution in [0, 0.1) is 0 Å². The molecule has 72 valence electrons. The molecular formula is C7H14BrNO3. The molecule has 0 amide bonds. The van der Waals surface area contributed by atoms with E-state index >= 15 is 0 Å². The Morgan fingerprint density at radius 1 is 1.50 bits per heavy atom. The first kappa shape index (κ1) is 10.4. The number of rotatable bonds is 4. The van der Waals surface area contributed by atoms with E-state index in [-0.39, 0.29) is 6.41 Å². The van der Waals surface area contributed by atoms with E-state index in [1.54, 1.807) is 7.11 Å². The molecule has 0 N–H and O–H groups in total. The fourth-order valence-corrected chi connectivity index (χ4v) is 1.39. The Morgan fingerprint density at radius 2 is 2.17 bits per heavy atom. The van der Waals surface area contributed by atoms with Gasteiger partial charge >= 0.3 is 0 Å². The monoisotopic (exact) mass is 239 g/mol. The van der Waals surface area contributed by atoms with Crippen molar-refractivity contribution in [2.45, 2.75) is 6.41 Å². The highest BCUT2D eigenvalue weighted by Gasteiger charge is 2.20. The van der Waals surface area contributed by atoms with Crippen molar-refractivity contribution < 1.29 is 14.2 Å². The molecule has 1 aliphatic rings. The summed E-state index contributed by atoms with van der Waals surface area (Å²) in [6.07, 6.45) is -0.242. The second-order valence-electron chi connectivity index (χ2n) is 2.47. The molecule has 0 radical (unpaired) electrons. The van der Waals surface area contributed by atoms with Crippen molar-refractivity contribution in [2.24, 2.45) is 0 Å². The van der Waals surface area contributed by atoms with Crippen LogP contribution in [0.2, 0.25) is 0 Å². The van der Waals surface area contributed by atoms with Crippen LogP contribution >= 0.6 is 15.9 Å². The van der Waals surface area contributed by atoms with Gasteiger partial charge in [-0.1, -0.05) is 15.9 Å². The normalized spacial score (nSPS) is 22.5. The molecule has 0 aliphatic carbocycles. The van der Waals surface area contributed by atoms with Gasteiger partial charge < -0.3 is 14.2 Å². The smallest absolute Gasteiger partial charge is 0.219 e. The van der Waals surface area contributed by atoms with E-state index in [0.717, 1.165) is 26.3 Å². The molecule has 5 heteroatoms. The van der Waals surface area contributed by atoms with E-state index < -0.39 is 0 Å². The maximum atomic E-state index is 5.30. The number of alkyl halides is 1. The van der Waals surface area contributed by atoms with Gasteiger partial charge in [0.1, 0.15) is 5.52 Å². The molecule has 1 heterocycles. The Morgan fingerprint density at radius 3 is 2.67 bits per heavy atom. The quantitative estimate of drug-likeness (QED) is 0.532. The highest BCUT2D eigenvalue weighted by Crippen LogP contribution is 2.06. The largest absolute Gasteiger partial charge is 0.379 e. The number of ether oxygens (including phenoxy) is 3. The van der Waals surface area contributed by atoms with Gasteiger partial charge in [0, 0.05) is 20.2 Å². The minimum Gasteiger partial charge on any atom is -0.379 e. The zero-order valence-electron chi connectivity index (χ0n) is 7.16. The lowest BCUT2D eigenvalue weighted by Gasteiger charge is -2.32. The van der Waals surface area contributed by atoms with E-state index in [1.165, 1.54) is 0 Å². The fourth-order valence-electron chi connectivity index (χ4n) is 1.16. The third-order valence-electron chi connectivity index (χ3n) is 1.75. The average Bonchev–Trinajstić information content (AvgIpc) is 2.15. The van der Waals surface area contributed by atoms with Crippen LogP contribution in [-0.4, -0.2) is 50.2 Å². The van der Waals surface area contributed by atoms with Crippen LogP contribution in [0.1, 0.15) is 0 Å². The Kier molecular flexibility index (Phi) is 5.10. The number of halogens is 1. The Labute approximate surface area is 80.9 Å². The van der Waals surface area contributed by atoms with E-state index in [2.05, 4.69) is 20.8 Å². The molecule has 4 nitrogen and oxygen atoms in total. The van der Waals surface area contributed by atoms with E-state index in [4.69, 9.17) is 14.2 Å². The fraction of sp³-hybridized carbons (Fsp3) is 1.00. The maximum Gasteiger partial charge on any atom is 0.219 e. The predicted molar refractivity (Wildman–Crippen MR) is 48.1 cm³/mol. The number of methoxy groups -OCH3 is 1. The molecule has 0 aromatic heterocycles. The van der Waals surface area contributed by atoms with Crippen LogP contribution in [0.5, 0.6) is 0 Å². The second-order valence-corrected chi connectivity index (χ2v) is 2.92. The first-order chi connectivity index (χ1) is 5.88. The highest BCUT2D eigenvalue weighted by atomic mass is 79.9. The minimum atomic E-state index is -0.242. The van der Waals surface area contributed by atoms with Crippen molar-refractivity contribution in [1.82, 2.24) is 4.90 Å². The van der Waals surface area contributed by atoms with Gasteiger partial charge in [0.25, 0.3) is 0 Å². The molecule has 1 aliphatic heterocycles. The molecule has 0 saturated carbocycles. The van der Waals surface area contributed by atoms with Gasteiger partial charge in [0.2, 0.25) is 6.41 Å². The summed E-state index contributed by atoms with van der Waals surface area (Å²) in [4.78, 5) is 2.10. The molecule has 1 atom stereocenters. The molecular weight excluding hydrogens is 226 g/mol. The van der Waals surface area contributed by atoms with Crippen LogP contribution in [0.15, 0.2) is 0 Å². The summed E-state index contributed by atoms with van der Waals surface area (Å²) in [5, 5.41) is 0. The number of morpholine rings is 1. The van der Waals surface area contributed by atoms with Gasteiger partial charge in [-0.15, -0.1) is 0 Å². The van der Waals surface area contributed by atoms with Crippen molar-refractivity contribution >= 4 is 15.9 Å². The van der Waals surface area contributed by atoms with E-state index in [1.807, 2.05) is 0 Å². The zero-order valence-corrected chi connectivity index (χ0v) is 8.75. The van der Waals surface area contributed by atoms with Crippen molar-refractivity contribution in [2.75, 3.05) is 38.9 Å². The lowest BCUT2D eigenvalue weighted by molar-refractivity contribution is -0.213. The van der Waals surface area contributed by atoms with Crippen molar-refractivity contribution in [3.63, 3.8) is 0 Å². The van der Waals surface area contributed by atoms with Gasteiger partial charge in [-0.05, 0) is 0 Å².